The van der Waals surface area contributed by atoms with Gasteiger partial charge in [-0.25, -0.2) is 0 Å². The quantitative estimate of drug-likeness (QED) is 0.339. The van der Waals surface area contributed by atoms with E-state index in [1.165, 1.54) is 21.6 Å². The highest BCUT2D eigenvalue weighted by Crippen LogP contribution is 1.49. The lowest BCUT2D eigenvalue weighted by molar-refractivity contribution is 0.824. The van der Waals surface area contributed by atoms with Crippen molar-refractivity contribution in [1.29, 1.82) is 0 Å². The third kappa shape index (κ3) is 22.9. The average molecular weight is 76.1 g/mol. The van der Waals surface area contributed by atoms with E-state index in [0.29, 0.717) is 0 Å². The molecule has 0 fully saturated rings. The van der Waals surface area contributed by atoms with E-state index >= 15 is 0 Å². The van der Waals surface area contributed by atoms with E-state index in [4.69, 9.17) is 0 Å². The zero-order valence-electron chi connectivity index (χ0n) is 3.21. The van der Waals surface area contributed by atoms with E-state index in [1.807, 2.05) is 0 Å². The molecule has 0 atom stereocenters. The van der Waals surface area contributed by atoms with Gasteiger partial charge in [-0.1, -0.05) is 6.92 Å². The summed E-state index contributed by atoms with van der Waals surface area (Å²) in [6.45, 7) is 2.19. The zero-order valence-corrected chi connectivity index (χ0v) is 5.21. The third-order valence-corrected chi connectivity index (χ3v) is 0. The van der Waals surface area contributed by atoms with Crippen LogP contribution in [0.3, 0.4) is 0 Å². The topological polar surface area (TPSA) is 31.5 Å². The summed E-state index contributed by atoms with van der Waals surface area (Å²) in [5, 5.41) is 1.39. The Kier molecular flexibility index (Phi) is 21.5. The summed E-state index contributed by atoms with van der Waals surface area (Å²) in [5.74, 6) is 0. The van der Waals surface area contributed by atoms with Crippen molar-refractivity contribution in [2.24, 2.45) is 0 Å². The minimum Gasteiger partial charge on any atom is -0.412 e. The predicted molar refractivity (Wildman–Crippen MR) is 22.6 cm³/mol. The second-order valence-corrected chi connectivity index (χ2v) is 2.12. The van der Waals surface area contributed by atoms with Crippen LogP contribution in [-0.2, 0) is 0 Å². The fourth-order valence-corrected chi connectivity index (χ4v) is 0. The van der Waals surface area contributed by atoms with Gasteiger partial charge in [0.25, 0.3) is 0 Å². The van der Waals surface area contributed by atoms with Crippen molar-refractivity contribution in [2.45, 2.75) is 12.2 Å². The fraction of sp³-hybridized carbons (Fsp3) is 1.00. The minimum absolute atomic E-state index is 0. The van der Waals surface area contributed by atoms with E-state index in [9.17, 15) is 0 Å². The highest BCUT2D eigenvalue weighted by Gasteiger charge is 1.41. The number of hydrogen-bond acceptors (Lipinski definition) is 0. The molecule has 0 saturated heterocycles. The second kappa shape index (κ2) is 9.74. The fourth-order valence-electron chi connectivity index (χ4n) is 0. The van der Waals surface area contributed by atoms with Crippen LogP contribution in [0.1, 0.15) is 6.92 Å². The van der Waals surface area contributed by atoms with Crippen LogP contribution in [-0.4, -0.2) is 21.8 Å². The van der Waals surface area contributed by atoms with Crippen LogP contribution in [0.2, 0.25) is 5.28 Å². The smallest absolute Gasteiger partial charge is 0.211 e. The van der Waals surface area contributed by atoms with Gasteiger partial charge < -0.3 is 5.48 Å². The molecule has 0 heterocycles. The van der Waals surface area contributed by atoms with Crippen LogP contribution in [0.15, 0.2) is 0 Å². The van der Waals surface area contributed by atoms with Crippen molar-refractivity contribution in [3.63, 3.8) is 0 Å². The van der Waals surface area contributed by atoms with Crippen LogP contribution >= 0.6 is 0 Å². The molecule has 0 rings (SSSR count). The maximum atomic E-state index is 2.19. The van der Waals surface area contributed by atoms with Gasteiger partial charge in [0.05, 0.1) is 0 Å². The summed E-state index contributed by atoms with van der Waals surface area (Å²) in [4.78, 5) is 0. The van der Waals surface area contributed by atoms with Crippen LogP contribution in [0.25, 0.3) is 0 Å². The second-order valence-electron chi connectivity index (χ2n) is 0.707. The molecule has 0 aromatic carbocycles. The van der Waals surface area contributed by atoms with E-state index < -0.39 is 0 Å². The molecule has 1 nitrogen and oxygen atoms in total. The Morgan fingerprint density at radius 2 is 1.75 bits per heavy atom. The maximum Gasteiger partial charge on any atom is 0.211 e. The Morgan fingerprint density at radius 3 is 1.75 bits per heavy atom. The van der Waals surface area contributed by atoms with Crippen LogP contribution in [0, 0.1) is 0 Å². The van der Waals surface area contributed by atoms with Crippen LogP contribution in [0.5, 0.6) is 0 Å². The summed E-state index contributed by atoms with van der Waals surface area (Å²) in [5.41, 5.74) is 0. The SMILES string of the molecule is C[CH2][AlH2].O. The first kappa shape index (κ1) is 8.82. The molecule has 0 bridgehead atoms. The van der Waals surface area contributed by atoms with Gasteiger partial charge in [0.1, 0.15) is 0 Å². The maximum absolute atomic E-state index is 2.19. The molecule has 0 aliphatic carbocycles. The van der Waals surface area contributed by atoms with Gasteiger partial charge in [0, 0.05) is 0 Å². The van der Waals surface area contributed by atoms with Gasteiger partial charge in [0.2, 0.25) is 16.3 Å². The predicted octanol–water partition coefficient (Wildman–Crippen LogP) is -0.767. The molecule has 0 spiro atoms. The molecule has 4 heavy (non-hydrogen) atoms. The zero-order chi connectivity index (χ0) is 2.71. The Balaban J connectivity index is 0. The molecule has 0 saturated carbocycles. The first-order chi connectivity index (χ1) is 1.41. The van der Waals surface area contributed by atoms with Gasteiger partial charge in [-0.2, -0.15) is 0 Å². The van der Waals surface area contributed by atoms with E-state index in [0.717, 1.165) is 0 Å². The molecule has 26 valence electrons. The van der Waals surface area contributed by atoms with Crippen molar-refractivity contribution < 1.29 is 5.48 Å². The molecule has 0 aliphatic rings. The van der Waals surface area contributed by atoms with E-state index in [2.05, 4.69) is 6.92 Å². The van der Waals surface area contributed by atoms with Crippen molar-refractivity contribution >= 4 is 16.3 Å². The van der Waals surface area contributed by atoms with Gasteiger partial charge in [-0.3, -0.25) is 0 Å². The molecule has 0 aliphatic heterocycles. The number of hydrogen-bond donors (Lipinski definition) is 0. The van der Waals surface area contributed by atoms with Gasteiger partial charge >= 0.3 is 0 Å². The first-order valence-electron chi connectivity index (χ1n) is 1.41. The van der Waals surface area contributed by atoms with Crippen LogP contribution in [0.4, 0.5) is 0 Å². The molecule has 2 heteroatoms. The standard InChI is InChI=1S/C2H5.Al.H2O.2H/c1-2;;;;/h1H2,2H3;;1H2;;. The minimum atomic E-state index is 0. The Morgan fingerprint density at radius 1 is 1.75 bits per heavy atom. The lowest BCUT2D eigenvalue weighted by Gasteiger charge is -1.44. The Bertz CT molecular complexity index is 6.00. The summed E-state index contributed by atoms with van der Waals surface area (Å²) >= 11 is 1.37. The Hall–Kier alpha value is 0.492. The largest absolute Gasteiger partial charge is 0.412 e. The molecule has 0 aromatic heterocycles. The highest BCUT2D eigenvalue weighted by atomic mass is 27.0. The number of rotatable bonds is 0. The highest BCUT2D eigenvalue weighted by molar-refractivity contribution is 6.08. The molecule has 2 N–H and O–H groups in total. The molecule has 0 radical (unpaired) electrons. The molecular weight excluding hydrogens is 67.0 g/mol. The van der Waals surface area contributed by atoms with Gasteiger partial charge in [-0.15, -0.1) is 5.28 Å². The van der Waals surface area contributed by atoms with Gasteiger partial charge in [-0.05, 0) is 0 Å². The van der Waals surface area contributed by atoms with Crippen molar-refractivity contribution in [1.82, 2.24) is 0 Å². The molecule has 0 unspecified atom stereocenters. The molecule has 0 amide bonds. The third-order valence-electron chi connectivity index (χ3n) is 0. The summed E-state index contributed by atoms with van der Waals surface area (Å²) < 4.78 is 0. The molecular formula is C2H9AlO. The van der Waals surface area contributed by atoms with E-state index in [1.54, 1.807) is 0 Å². The van der Waals surface area contributed by atoms with Gasteiger partial charge in [0.15, 0.2) is 0 Å². The van der Waals surface area contributed by atoms with Crippen LogP contribution < -0.4 is 0 Å². The Labute approximate surface area is 34.7 Å². The molecule has 0 aromatic rings. The average Bonchev–Trinajstić information content (AvgIpc) is 0.918. The van der Waals surface area contributed by atoms with Crippen molar-refractivity contribution in [3.8, 4) is 0 Å². The summed E-state index contributed by atoms with van der Waals surface area (Å²) in [6, 6.07) is 0. The lowest BCUT2D eigenvalue weighted by atomic mass is 11.0. The first-order valence-corrected chi connectivity index (χ1v) is 2.83. The monoisotopic (exact) mass is 76.0 g/mol. The van der Waals surface area contributed by atoms with E-state index in [-0.39, 0.29) is 5.48 Å². The summed E-state index contributed by atoms with van der Waals surface area (Å²) in [7, 11) is 0. The van der Waals surface area contributed by atoms with Crippen molar-refractivity contribution in [2.75, 3.05) is 0 Å². The van der Waals surface area contributed by atoms with Crippen molar-refractivity contribution in [3.05, 3.63) is 0 Å². The lowest BCUT2D eigenvalue weighted by Crippen LogP contribution is -1.41. The normalized spacial score (nSPS) is 4.25. The summed E-state index contributed by atoms with van der Waals surface area (Å²) in [6.07, 6.45) is 0.